The minimum absolute atomic E-state index is 0.148. The molecule has 0 aliphatic carbocycles. The van der Waals surface area contributed by atoms with Gasteiger partial charge in [-0.3, -0.25) is 0 Å². The van der Waals surface area contributed by atoms with E-state index in [9.17, 15) is 4.79 Å². The summed E-state index contributed by atoms with van der Waals surface area (Å²) in [6.07, 6.45) is 1.52. The number of nitrogens with one attached hydrogen (secondary N) is 1. The highest BCUT2D eigenvalue weighted by Crippen LogP contribution is 2.10. The zero-order chi connectivity index (χ0) is 10.7. The lowest BCUT2D eigenvalue weighted by Gasteiger charge is -2.06. The number of carbonyl (C=O) groups is 1. The molecule has 15 heavy (non-hydrogen) atoms. The van der Waals surface area contributed by atoms with E-state index in [-0.39, 0.29) is 12.1 Å². The lowest BCUT2D eigenvalue weighted by molar-refractivity contribution is 0.176. The van der Waals surface area contributed by atoms with Gasteiger partial charge in [0.25, 0.3) is 0 Å². The van der Waals surface area contributed by atoms with E-state index in [1.807, 2.05) is 24.3 Å². The van der Waals surface area contributed by atoms with Crippen LogP contribution in [-0.4, -0.2) is 18.7 Å². The van der Waals surface area contributed by atoms with E-state index < -0.39 is 0 Å². The summed E-state index contributed by atoms with van der Waals surface area (Å²) in [6.45, 7) is 0.480. The standard InChI is InChI=1S/C11H14N2O2/c12-9-4-1-8(2-5-9)3-6-10-7-15-11(14)13-10/h1-2,4-5,10H,3,6-7,12H2,(H,13,14). The van der Waals surface area contributed by atoms with Crippen molar-refractivity contribution in [3.05, 3.63) is 29.8 Å². The van der Waals surface area contributed by atoms with E-state index in [1.54, 1.807) is 0 Å². The summed E-state index contributed by atoms with van der Waals surface area (Å²) in [5, 5.41) is 2.75. The van der Waals surface area contributed by atoms with Crippen molar-refractivity contribution in [3.8, 4) is 0 Å². The number of ether oxygens (including phenoxy) is 1. The SMILES string of the molecule is Nc1ccc(CCC2COC(=O)N2)cc1. The van der Waals surface area contributed by atoms with Crippen LogP contribution < -0.4 is 11.1 Å². The molecule has 0 radical (unpaired) electrons. The zero-order valence-corrected chi connectivity index (χ0v) is 8.40. The average Bonchev–Trinajstić information content (AvgIpc) is 2.64. The third-order valence-electron chi connectivity index (χ3n) is 2.50. The number of aryl methyl sites for hydroxylation is 1. The number of amides is 1. The highest BCUT2D eigenvalue weighted by molar-refractivity contribution is 5.69. The molecule has 0 aromatic heterocycles. The van der Waals surface area contributed by atoms with Crippen molar-refractivity contribution in [3.63, 3.8) is 0 Å². The highest BCUT2D eigenvalue weighted by atomic mass is 16.6. The first-order chi connectivity index (χ1) is 7.24. The maximum absolute atomic E-state index is 10.8. The Kier molecular flexibility index (Phi) is 2.76. The van der Waals surface area contributed by atoms with Crippen molar-refractivity contribution in [1.29, 1.82) is 0 Å². The van der Waals surface area contributed by atoms with Crippen LogP contribution >= 0.6 is 0 Å². The predicted octanol–water partition coefficient (Wildman–Crippen LogP) is 1.31. The van der Waals surface area contributed by atoms with Gasteiger partial charge in [0, 0.05) is 5.69 Å². The highest BCUT2D eigenvalue weighted by Gasteiger charge is 2.21. The van der Waals surface area contributed by atoms with E-state index in [1.165, 1.54) is 5.56 Å². The van der Waals surface area contributed by atoms with Crippen LogP contribution in [0.4, 0.5) is 10.5 Å². The molecular weight excluding hydrogens is 192 g/mol. The van der Waals surface area contributed by atoms with Gasteiger partial charge >= 0.3 is 6.09 Å². The van der Waals surface area contributed by atoms with Crippen LogP contribution in [0.25, 0.3) is 0 Å². The van der Waals surface area contributed by atoms with Crippen LogP contribution in [0.2, 0.25) is 0 Å². The molecule has 1 atom stereocenters. The number of nitrogen functional groups attached to an aromatic ring is 1. The van der Waals surface area contributed by atoms with Crippen molar-refractivity contribution in [2.45, 2.75) is 18.9 Å². The average molecular weight is 206 g/mol. The van der Waals surface area contributed by atoms with Gasteiger partial charge in [-0.2, -0.15) is 0 Å². The van der Waals surface area contributed by atoms with Gasteiger partial charge in [-0.25, -0.2) is 4.79 Å². The molecule has 4 nitrogen and oxygen atoms in total. The second-order valence-corrected chi connectivity index (χ2v) is 3.72. The first kappa shape index (κ1) is 9.83. The molecule has 1 aliphatic heterocycles. The number of benzene rings is 1. The van der Waals surface area contributed by atoms with Crippen molar-refractivity contribution < 1.29 is 9.53 Å². The lowest BCUT2D eigenvalue weighted by atomic mass is 10.1. The van der Waals surface area contributed by atoms with Crippen molar-refractivity contribution in [2.75, 3.05) is 12.3 Å². The molecule has 1 unspecified atom stereocenters. The van der Waals surface area contributed by atoms with Gasteiger partial charge in [-0.15, -0.1) is 0 Å². The van der Waals surface area contributed by atoms with Gasteiger partial charge < -0.3 is 15.8 Å². The Labute approximate surface area is 88.4 Å². The summed E-state index contributed by atoms with van der Waals surface area (Å²) in [5.41, 5.74) is 7.59. The number of anilines is 1. The first-order valence-corrected chi connectivity index (χ1v) is 5.02. The summed E-state index contributed by atoms with van der Waals surface area (Å²) in [7, 11) is 0. The smallest absolute Gasteiger partial charge is 0.407 e. The van der Waals surface area contributed by atoms with Crippen LogP contribution in [0.3, 0.4) is 0 Å². The van der Waals surface area contributed by atoms with Crippen molar-refractivity contribution in [1.82, 2.24) is 5.32 Å². The molecule has 3 N–H and O–H groups in total. The third-order valence-corrected chi connectivity index (χ3v) is 2.50. The van der Waals surface area contributed by atoms with Gasteiger partial charge in [0.2, 0.25) is 0 Å². The molecule has 1 aromatic rings. The molecule has 80 valence electrons. The Hall–Kier alpha value is -1.71. The summed E-state index contributed by atoms with van der Waals surface area (Å²) in [6, 6.07) is 7.94. The monoisotopic (exact) mass is 206 g/mol. The molecular formula is C11H14N2O2. The number of nitrogens with two attached hydrogens (primary N) is 1. The zero-order valence-electron chi connectivity index (χ0n) is 8.40. The van der Waals surface area contributed by atoms with Crippen LogP contribution in [0.1, 0.15) is 12.0 Å². The van der Waals surface area contributed by atoms with E-state index in [0.29, 0.717) is 6.61 Å². The van der Waals surface area contributed by atoms with Gasteiger partial charge in [-0.1, -0.05) is 12.1 Å². The molecule has 0 bridgehead atoms. The van der Waals surface area contributed by atoms with Crippen molar-refractivity contribution in [2.24, 2.45) is 0 Å². The summed E-state index contributed by atoms with van der Waals surface area (Å²) >= 11 is 0. The fraction of sp³-hybridized carbons (Fsp3) is 0.364. The minimum atomic E-state index is -0.308. The van der Waals surface area contributed by atoms with E-state index in [4.69, 9.17) is 10.5 Å². The third kappa shape index (κ3) is 2.62. The second-order valence-electron chi connectivity index (χ2n) is 3.72. The van der Waals surface area contributed by atoms with E-state index >= 15 is 0 Å². The van der Waals surface area contributed by atoms with Crippen LogP contribution in [0, 0.1) is 0 Å². The fourth-order valence-corrected chi connectivity index (χ4v) is 1.61. The molecule has 1 amide bonds. The van der Waals surface area contributed by atoms with Gasteiger partial charge in [-0.05, 0) is 30.5 Å². The lowest BCUT2D eigenvalue weighted by Crippen LogP contribution is -2.26. The number of carbonyl (C=O) groups excluding carboxylic acids is 1. The van der Waals surface area contributed by atoms with Crippen LogP contribution in [-0.2, 0) is 11.2 Å². The molecule has 1 heterocycles. The Morgan fingerprint density at radius 3 is 2.73 bits per heavy atom. The molecule has 0 saturated carbocycles. The maximum atomic E-state index is 10.8. The predicted molar refractivity (Wildman–Crippen MR) is 57.4 cm³/mol. The van der Waals surface area contributed by atoms with Crippen LogP contribution in [0.15, 0.2) is 24.3 Å². The molecule has 0 spiro atoms. The molecule has 2 rings (SSSR count). The molecule has 1 aromatic carbocycles. The fourth-order valence-electron chi connectivity index (χ4n) is 1.61. The Morgan fingerprint density at radius 2 is 2.13 bits per heavy atom. The minimum Gasteiger partial charge on any atom is -0.447 e. The number of rotatable bonds is 3. The number of hydrogen-bond acceptors (Lipinski definition) is 3. The normalized spacial score (nSPS) is 19.7. The quantitative estimate of drug-likeness (QED) is 0.733. The summed E-state index contributed by atoms with van der Waals surface area (Å²) in [4.78, 5) is 10.8. The largest absolute Gasteiger partial charge is 0.447 e. The molecule has 1 fully saturated rings. The molecule has 1 saturated heterocycles. The summed E-state index contributed by atoms with van der Waals surface area (Å²) < 4.78 is 4.80. The van der Waals surface area contributed by atoms with Gasteiger partial charge in [0.15, 0.2) is 0 Å². The second kappa shape index (κ2) is 4.21. The van der Waals surface area contributed by atoms with Crippen LogP contribution in [0.5, 0.6) is 0 Å². The Balaban J connectivity index is 1.83. The number of cyclic esters (lactones) is 1. The number of hydrogen-bond donors (Lipinski definition) is 2. The van der Waals surface area contributed by atoms with Gasteiger partial charge in [0.1, 0.15) is 6.61 Å². The Morgan fingerprint density at radius 1 is 1.40 bits per heavy atom. The molecule has 4 heteroatoms. The van der Waals surface area contributed by atoms with E-state index in [2.05, 4.69) is 5.32 Å². The molecule has 1 aliphatic rings. The Bertz CT molecular complexity index is 348. The summed E-state index contributed by atoms with van der Waals surface area (Å²) in [5.74, 6) is 0. The van der Waals surface area contributed by atoms with Gasteiger partial charge in [0.05, 0.1) is 6.04 Å². The van der Waals surface area contributed by atoms with E-state index in [0.717, 1.165) is 18.5 Å². The topological polar surface area (TPSA) is 64.3 Å². The maximum Gasteiger partial charge on any atom is 0.407 e. The number of alkyl carbamates (subject to hydrolysis) is 1. The van der Waals surface area contributed by atoms with Crippen molar-refractivity contribution >= 4 is 11.8 Å². The first-order valence-electron chi connectivity index (χ1n) is 5.02.